The fraction of sp³-hybridized carbons (Fsp3) is 0.154. The van der Waals surface area contributed by atoms with Gasteiger partial charge in [0.1, 0.15) is 17.2 Å². The van der Waals surface area contributed by atoms with Crippen molar-refractivity contribution in [3.63, 3.8) is 0 Å². The fourth-order valence-electron chi connectivity index (χ4n) is 3.73. The number of aromatic amines is 1. The Kier molecular flexibility index (Phi) is 6.77. The van der Waals surface area contributed by atoms with Crippen molar-refractivity contribution in [1.29, 1.82) is 0 Å². The topological polar surface area (TPSA) is 85.5 Å². The Morgan fingerprint density at radius 2 is 1.79 bits per heavy atom. The van der Waals surface area contributed by atoms with Gasteiger partial charge in [0.05, 0.1) is 21.3 Å². The molecule has 0 aliphatic heterocycles. The zero-order valence-corrected chi connectivity index (χ0v) is 19.0. The van der Waals surface area contributed by atoms with E-state index in [1.54, 1.807) is 44.8 Å². The Labute approximate surface area is 196 Å². The van der Waals surface area contributed by atoms with Gasteiger partial charge in [0, 0.05) is 47.6 Å². The molecule has 0 bridgehead atoms. The van der Waals surface area contributed by atoms with E-state index in [4.69, 9.17) is 14.2 Å². The fourth-order valence-corrected chi connectivity index (χ4v) is 3.73. The maximum Gasteiger partial charge on any atom is 0.244 e. The van der Waals surface area contributed by atoms with E-state index in [1.165, 1.54) is 25.3 Å². The molecule has 34 heavy (non-hydrogen) atoms. The number of methoxy groups -OCH3 is 3. The second-order valence-electron chi connectivity index (χ2n) is 7.41. The number of hydrogen-bond donors (Lipinski definition) is 2. The Balaban J connectivity index is 1.56. The summed E-state index contributed by atoms with van der Waals surface area (Å²) in [5.74, 6) is 0.996. The quantitative estimate of drug-likeness (QED) is 0.371. The maximum absolute atomic E-state index is 13.7. The molecule has 0 atom stereocenters. The third-order valence-electron chi connectivity index (χ3n) is 5.39. The van der Waals surface area contributed by atoms with Crippen LogP contribution in [0.2, 0.25) is 0 Å². The number of carbonyl (C=O) groups excluding carboxylic acids is 1. The van der Waals surface area contributed by atoms with Crippen molar-refractivity contribution in [2.45, 2.75) is 6.54 Å². The van der Waals surface area contributed by atoms with Crippen LogP contribution >= 0.6 is 0 Å². The lowest BCUT2D eigenvalue weighted by atomic mass is 10.00. The highest BCUT2D eigenvalue weighted by Crippen LogP contribution is 2.36. The zero-order chi connectivity index (χ0) is 24.1. The van der Waals surface area contributed by atoms with Crippen LogP contribution in [0.1, 0.15) is 11.1 Å². The summed E-state index contributed by atoms with van der Waals surface area (Å²) in [5.41, 5.74) is 3.83. The van der Waals surface area contributed by atoms with Crippen LogP contribution in [-0.4, -0.2) is 37.2 Å². The van der Waals surface area contributed by atoms with Gasteiger partial charge in [0.2, 0.25) is 5.91 Å². The van der Waals surface area contributed by atoms with E-state index >= 15 is 0 Å². The van der Waals surface area contributed by atoms with Crippen LogP contribution in [0.5, 0.6) is 17.2 Å². The van der Waals surface area contributed by atoms with Crippen LogP contribution in [-0.2, 0) is 11.3 Å². The molecule has 0 aliphatic carbocycles. The van der Waals surface area contributed by atoms with Crippen LogP contribution in [0.15, 0.2) is 60.9 Å². The normalized spacial score (nSPS) is 11.1. The molecule has 2 N–H and O–H groups in total. The van der Waals surface area contributed by atoms with Crippen molar-refractivity contribution < 1.29 is 23.4 Å². The number of pyridine rings is 1. The van der Waals surface area contributed by atoms with Gasteiger partial charge in [0.15, 0.2) is 11.5 Å². The highest BCUT2D eigenvalue weighted by Gasteiger charge is 2.14. The Hall–Kier alpha value is -4.33. The molecular weight excluding hydrogens is 437 g/mol. The van der Waals surface area contributed by atoms with Gasteiger partial charge in [-0.25, -0.2) is 9.37 Å². The summed E-state index contributed by atoms with van der Waals surface area (Å²) in [4.78, 5) is 20.0. The van der Waals surface area contributed by atoms with Crippen molar-refractivity contribution in [3.05, 3.63) is 77.9 Å². The van der Waals surface area contributed by atoms with Gasteiger partial charge < -0.3 is 24.5 Å². The number of amides is 1. The van der Waals surface area contributed by atoms with Crippen LogP contribution in [0.25, 0.3) is 28.2 Å². The van der Waals surface area contributed by atoms with E-state index < -0.39 is 0 Å². The smallest absolute Gasteiger partial charge is 0.244 e. The molecule has 0 spiro atoms. The molecule has 1 amide bonds. The van der Waals surface area contributed by atoms with E-state index in [-0.39, 0.29) is 11.7 Å². The summed E-state index contributed by atoms with van der Waals surface area (Å²) in [7, 11) is 4.63. The van der Waals surface area contributed by atoms with Gasteiger partial charge in [-0.3, -0.25) is 4.79 Å². The van der Waals surface area contributed by atoms with Crippen molar-refractivity contribution in [1.82, 2.24) is 15.3 Å². The first-order chi connectivity index (χ1) is 16.5. The average Bonchev–Trinajstić information content (AvgIpc) is 3.29. The molecule has 0 radical (unpaired) electrons. The van der Waals surface area contributed by atoms with E-state index in [0.717, 1.165) is 27.6 Å². The molecule has 0 saturated carbocycles. The largest absolute Gasteiger partial charge is 0.496 e. The number of H-pyrrole nitrogens is 1. The molecule has 4 rings (SSSR count). The number of aromatic nitrogens is 2. The molecule has 4 aromatic rings. The second-order valence-corrected chi connectivity index (χ2v) is 7.41. The van der Waals surface area contributed by atoms with Crippen LogP contribution in [0, 0.1) is 5.82 Å². The van der Waals surface area contributed by atoms with E-state index in [1.807, 2.05) is 18.2 Å². The third kappa shape index (κ3) is 4.71. The van der Waals surface area contributed by atoms with Gasteiger partial charge in [-0.2, -0.15) is 0 Å². The van der Waals surface area contributed by atoms with Crippen LogP contribution in [0.4, 0.5) is 4.39 Å². The molecular formula is C26H24FN3O4. The first-order valence-electron chi connectivity index (χ1n) is 10.5. The minimum Gasteiger partial charge on any atom is -0.496 e. The molecule has 2 heterocycles. The average molecular weight is 461 g/mol. The van der Waals surface area contributed by atoms with E-state index in [0.29, 0.717) is 29.4 Å². The van der Waals surface area contributed by atoms with Gasteiger partial charge in [0.25, 0.3) is 0 Å². The Morgan fingerprint density at radius 1 is 1.00 bits per heavy atom. The number of halogens is 1. The number of fused-ring (bicyclic) bond motifs is 1. The summed E-state index contributed by atoms with van der Waals surface area (Å²) in [6.45, 7) is 0.330. The van der Waals surface area contributed by atoms with Crippen molar-refractivity contribution in [3.8, 4) is 28.4 Å². The standard InChI is InChI=1S/C26H24FN3O4/c1-32-21-8-4-16(12-23(21)34-3)14-29-24(31)9-5-17-15-30-26-25(17)20(10-11-28-26)19-7-6-18(27)13-22(19)33-2/h4-13,15H,14H2,1-3H3,(H,28,30)(H,29,31)/b9-5+. The Bertz CT molecular complexity index is 1360. The minimum atomic E-state index is -0.383. The van der Waals surface area contributed by atoms with Crippen molar-refractivity contribution >= 4 is 23.0 Å². The minimum absolute atomic E-state index is 0.256. The highest BCUT2D eigenvalue weighted by atomic mass is 19.1. The highest BCUT2D eigenvalue weighted by molar-refractivity contribution is 6.02. The first-order valence-corrected chi connectivity index (χ1v) is 10.5. The molecule has 0 saturated heterocycles. The van der Waals surface area contributed by atoms with Crippen molar-refractivity contribution in [2.75, 3.05) is 21.3 Å². The summed E-state index contributed by atoms with van der Waals surface area (Å²) < 4.78 is 29.6. The van der Waals surface area contributed by atoms with Crippen molar-refractivity contribution in [2.24, 2.45) is 0 Å². The number of hydrogen-bond acceptors (Lipinski definition) is 5. The lowest BCUT2D eigenvalue weighted by molar-refractivity contribution is -0.116. The van der Waals surface area contributed by atoms with Gasteiger partial charge in [-0.1, -0.05) is 6.07 Å². The summed E-state index contributed by atoms with van der Waals surface area (Å²) in [6.07, 6.45) is 6.61. The second kappa shape index (κ2) is 10.1. The predicted molar refractivity (Wildman–Crippen MR) is 128 cm³/mol. The number of nitrogens with one attached hydrogen (secondary N) is 2. The number of carbonyl (C=O) groups is 1. The van der Waals surface area contributed by atoms with Crippen LogP contribution in [0.3, 0.4) is 0 Å². The molecule has 2 aromatic heterocycles. The summed E-state index contributed by atoms with van der Waals surface area (Å²) in [5, 5.41) is 3.66. The number of rotatable bonds is 8. The lowest BCUT2D eigenvalue weighted by Crippen LogP contribution is -2.20. The number of ether oxygens (including phenoxy) is 3. The molecule has 174 valence electrons. The molecule has 2 aromatic carbocycles. The monoisotopic (exact) mass is 461 g/mol. The van der Waals surface area contributed by atoms with Gasteiger partial charge in [-0.15, -0.1) is 0 Å². The lowest BCUT2D eigenvalue weighted by Gasteiger charge is -2.10. The van der Waals surface area contributed by atoms with E-state index in [2.05, 4.69) is 15.3 Å². The summed E-state index contributed by atoms with van der Waals surface area (Å²) in [6, 6.07) is 11.7. The van der Waals surface area contributed by atoms with Gasteiger partial charge in [-0.05, 0) is 47.5 Å². The molecule has 0 unspecified atom stereocenters. The number of benzene rings is 2. The summed E-state index contributed by atoms with van der Waals surface area (Å²) >= 11 is 0. The molecule has 7 nitrogen and oxygen atoms in total. The molecule has 0 fully saturated rings. The first kappa shape index (κ1) is 22.8. The SMILES string of the molecule is COc1ccc(CNC(=O)/C=C/c2c[nH]c3nccc(-c4ccc(F)cc4OC)c23)cc1OC. The molecule has 8 heteroatoms. The maximum atomic E-state index is 13.7. The predicted octanol–water partition coefficient (Wildman–Crippen LogP) is 4.72. The Morgan fingerprint density at radius 3 is 2.56 bits per heavy atom. The zero-order valence-electron chi connectivity index (χ0n) is 19.0. The van der Waals surface area contributed by atoms with Gasteiger partial charge >= 0.3 is 0 Å². The van der Waals surface area contributed by atoms with E-state index in [9.17, 15) is 9.18 Å². The third-order valence-corrected chi connectivity index (χ3v) is 5.39. The van der Waals surface area contributed by atoms with Crippen LogP contribution < -0.4 is 19.5 Å². The number of nitrogens with zero attached hydrogens (tertiary/aromatic N) is 1. The molecule has 0 aliphatic rings.